The molecule has 5 nitrogen and oxygen atoms in total. The number of hydrogen-bond acceptors (Lipinski definition) is 4. The Morgan fingerprint density at radius 1 is 1.47 bits per heavy atom. The van der Waals surface area contributed by atoms with Crippen LogP contribution in [0.15, 0.2) is 0 Å². The molecule has 0 saturated carbocycles. The SMILES string of the molecule is NCCCCNC(=O)CCOCC1CCCO1. The van der Waals surface area contributed by atoms with Crippen LogP contribution in [-0.2, 0) is 14.3 Å². The molecule has 1 saturated heterocycles. The van der Waals surface area contributed by atoms with E-state index in [0.29, 0.717) is 32.7 Å². The predicted molar refractivity (Wildman–Crippen MR) is 65.7 cm³/mol. The molecule has 1 unspecified atom stereocenters. The van der Waals surface area contributed by atoms with Crippen molar-refractivity contribution < 1.29 is 14.3 Å². The Labute approximate surface area is 103 Å². The maximum atomic E-state index is 11.3. The van der Waals surface area contributed by atoms with E-state index in [1.54, 1.807) is 0 Å². The topological polar surface area (TPSA) is 73.6 Å². The zero-order valence-electron chi connectivity index (χ0n) is 10.5. The quantitative estimate of drug-likeness (QED) is 0.577. The molecule has 0 radical (unpaired) electrons. The van der Waals surface area contributed by atoms with Crippen LogP contribution < -0.4 is 11.1 Å². The second kappa shape index (κ2) is 9.39. The van der Waals surface area contributed by atoms with Crippen LogP contribution in [0.5, 0.6) is 0 Å². The number of carbonyl (C=O) groups excluding carboxylic acids is 1. The number of carbonyl (C=O) groups is 1. The van der Waals surface area contributed by atoms with Crippen LogP contribution in [0.3, 0.4) is 0 Å². The molecule has 0 aromatic rings. The zero-order chi connectivity index (χ0) is 12.3. The minimum absolute atomic E-state index is 0.0503. The number of rotatable bonds is 9. The first-order valence-electron chi connectivity index (χ1n) is 6.49. The van der Waals surface area contributed by atoms with Crippen molar-refractivity contribution in [1.29, 1.82) is 0 Å². The Bertz CT molecular complexity index is 206. The van der Waals surface area contributed by atoms with Crippen molar-refractivity contribution in [2.75, 3.05) is 32.9 Å². The lowest BCUT2D eigenvalue weighted by atomic mass is 10.2. The van der Waals surface area contributed by atoms with E-state index < -0.39 is 0 Å². The van der Waals surface area contributed by atoms with Gasteiger partial charge in [0.2, 0.25) is 5.91 Å². The first kappa shape index (κ1) is 14.4. The third-order valence-corrected chi connectivity index (χ3v) is 2.75. The van der Waals surface area contributed by atoms with E-state index in [1.807, 2.05) is 0 Å². The molecule has 0 aromatic carbocycles. The Hall–Kier alpha value is -0.650. The fraction of sp³-hybridized carbons (Fsp3) is 0.917. The lowest BCUT2D eigenvalue weighted by Crippen LogP contribution is -2.26. The molecule has 1 atom stereocenters. The lowest BCUT2D eigenvalue weighted by Gasteiger charge is -2.10. The number of nitrogens with two attached hydrogens (primary N) is 1. The molecule has 1 rings (SSSR count). The van der Waals surface area contributed by atoms with Gasteiger partial charge in [-0.1, -0.05) is 0 Å². The minimum atomic E-state index is 0.0503. The van der Waals surface area contributed by atoms with Gasteiger partial charge in [0.15, 0.2) is 0 Å². The summed E-state index contributed by atoms with van der Waals surface area (Å²) in [6.45, 7) is 3.32. The normalized spacial score (nSPS) is 19.5. The summed E-state index contributed by atoms with van der Waals surface area (Å²) < 4.78 is 10.8. The van der Waals surface area contributed by atoms with Gasteiger partial charge in [-0.2, -0.15) is 0 Å². The van der Waals surface area contributed by atoms with E-state index in [1.165, 1.54) is 0 Å². The van der Waals surface area contributed by atoms with Gasteiger partial charge >= 0.3 is 0 Å². The van der Waals surface area contributed by atoms with Gasteiger partial charge in [0.05, 0.1) is 19.3 Å². The van der Waals surface area contributed by atoms with Crippen molar-refractivity contribution in [3.05, 3.63) is 0 Å². The van der Waals surface area contributed by atoms with Gasteiger partial charge in [-0.15, -0.1) is 0 Å². The fourth-order valence-corrected chi connectivity index (χ4v) is 1.74. The van der Waals surface area contributed by atoms with Gasteiger partial charge in [-0.05, 0) is 32.2 Å². The third-order valence-electron chi connectivity index (χ3n) is 2.75. The summed E-state index contributed by atoms with van der Waals surface area (Å²) in [6, 6.07) is 0. The summed E-state index contributed by atoms with van der Waals surface area (Å²) in [7, 11) is 0. The van der Waals surface area contributed by atoms with Crippen LogP contribution in [0.2, 0.25) is 0 Å². The molecule has 1 heterocycles. The first-order chi connectivity index (χ1) is 8.33. The van der Waals surface area contributed by atoms with E-state index in [9.17, 15) is 4.79 Å². The number of hydrogen-bond donors (Lipinski definition) is 2. The van der Waals surface area contributed by atoms with Crippen LogP contribution in [0, 0.1) is 0 Å². The summed E-state index contributed by atoms with van der Waals surface area (Å²) in [5.74, 6) is 0.0503. The van der Waals surface area contributed by atoms with Crippen LogP contribution in [0.1, 0.15) is 32.1 Å². The Balaban J connectivity index is 1.85. The summed E-state index contributed by atoms with van der Waals surface area (Å²) in [4.78, 5) is 11.3. The first-order valence-corrected chi connectivity index (χ1v) is 6.49. The van der Waals surface area contributed by atoms with Crippen molar-refractivity contribution in [3.63, 3.8) is 0 Å². The average Bonchev–Trinajstić information content (AvgIpc) is 2.83. The lowest BCUT2D eigenvalue weighted by molar-refractivity contribution is -0.122. The molecule has 0 aromatic heterocycles. The van der Waals surface area contributed by atoms with E-state index in [-0.39, 0.29) is 12.0 Å². The molecule has 100 valence electrons. The van der Waals surface area contributed by atoms with Crippen molar-refractivity contribution >= 4 is 5.91 Å². The maximum Gasteiger partial charge on any atom is 0.222 e. The van der Waals surface area contributed by atoms with Gasteiger partial charge in [-0.25, -0.2) is 0 Å². The fourth-order valence-electron chi connectivity index (χ4n) is 1.74. The van der Waals surface area contributed by atoms with Crippen LogP contribution in [-0.4, -0.2) is 44.9 Å². The van der Waals surface area contributed by atoms with Crippen molar-refractivity contribution in [2.24, 2.45) is 5.73 Å². The summed E-state index contributed by atoms with van der Waals surface area (Å²) in [6.07, 6.45) is 4.76. The second-order valence-corrected chi connectivity index (χ2v) is 4.31. The Morgan fingerprint density at radius 3 is 3.06 bits per heavy atom. The van der Waals surface area contributed by atoms with Crippen molar-refractivity contribution in [1.82, 2.24) is 5.32 Å². The second-order valence-electron chi connectivity index (χ2n) is 4.31. The van der Waals surface area contributed by atoms with Crippen LogP contribution in [0.25, 0.3) is 0 Å². The van der Waals surface area contributed by atoms with E-state index in [2.05, 4.69) is 5.32 Å². The number of nitrogens with one attached hydrogen (secondary N) is 1. The van der Waals surface area contributed by atoms with E-state index in [0.717, 1.165) is 32.3 Å². The number of ether oxygens (including phenoxy) is 2. The molecule has 17 heavy (non-hydrogen) atoms. The molecular weight excluding hydrogens is 220 g/mol. The maximum absolute atomic E-state index is 11.3. The van der Waals surface area contributed by atoms with Crippen molar-refractivity contribution in [3.8, 4) is 0 Å². The highest BCUT2D eigenvalue weighted by molar-refractivity contribution is 5.75. The molecule has 5 heteroatoms. The van der Waals surface area contributed by atoms with Gasteiger partial charge < -0.3 is 20.5 Å². The number of unbranched alkanes of at least 4 members (excludes halogenated alkanes) is 1. The minimum Gasteiger partial charge on any atom is -0.378 e. The Morgan fingerprint density at radius 2 is 2.35 bits per heavy atom. The molecule has 3 N–H and O–H groups in total. The van der Waals surface area contributed by atoms with Crippen LogP contribution >= 0.6 is 0 Å². The molecule has 1 amide bonds. The highest BCUT2D eigenvalue weighted by Crippen LogP contribution is 2.11. The van der Waals surface area contributed by atoms with Gasteiger partial charge in [0, 0.05) is 19.6 Å². The van der Waals surface area contributed by atoms with Gasteiger partial charge in [0.25, 0.3) is 0 Å². The van der Waals surface area contributed by atoms with Gasteiger partial charge in [-0.3, -0.25) is 4.79 Å². The van der Waals surface area contributed by atoms with Crippen molar-refractivity contribution in [2.45, 2.75) is 38.2 Å². The molecule has 0 spiro atoms. The molecule has 1 fully saturated rings. The predicted octanol–water partition coefficient (Wildman–Crippen LogP) is 0.427. The third kappa shape index (κ3) is 7.31. The highest BCUT2D eigenvalue weighted by Gasteiger charge is 2.15. The summed E-state index contributed by atoms with van der Waals surface area (Å²) in [5, 5.41) is 2.84. The molecule has 1 aliphatic heterocycles. The zero-order valence-corrected chi connectivity index (χ0v) is 10.5. The largest absolute Gasteiger partial charge is 0.378 e. The molecule has 0 aliphatic carbocycles. The smallest absolute Gasteiger partial charge is 0.222 e. The van der Waals surface area contributed by atoms with E-state index in [4.69, 9.17) is 15.2 Å². The van der Waals surface area contributed by atoms with Gasteiger partial charge in [0.1, 0.15) is 0 Å². The van der Waals surface area contributed by atoms with E-state index >= 15 is 0 Å². The average molecular weight is 244 g/mol. The molecular formula is C12H24N2O3. The summed E-state index contributed by atoms with van der Waals surface area (Å²) >= 11 is 0. The molecule has 1 aliphatic rings. The van der Waals surface area contributed by atoms with Crippen LogP contribution in [0.4, 0.5) is 0 Å². The Kier molecular flexibility index (Phi) is 7.96. The highest BCUT2D eigenvalue weighted by atomic mass is 16.5. The number of amides is 1. The standard InChI is InChI=1S/C12H24N2O3/c13-6-1-2-7-14-12(15)5-9-16-10-11-4-3-8-17-11/h11H,1-10,13H2,(H,14,15). The monoisotopic (exact) mass is 244 g/mol. The summed E-state index contributed by atoms with van der Waals surface area (Å²) in [5.41, 5.74) is 5.36. The molecule has 0 bridgehead atoms.